The van der Waals surface area contributed by atoms with E-state index in [-0.39, 0.29) is 23.8 Å². The molecule has 1 saturated heterocycles. The molecule has 1 fully saturated rings. The molecule has 31 heavy (non-hydrogen) atoms. The van der Waals surface area contributed by atoms with Crippen molar-refractivity contribution in [2.45, 2.75) is 31.9 Å². The maximum Gasteiger partial charge on any atom is 0.261 e. The van der Waals surface area contributed by atoms with Crippen LogP contribution in [0.2, 0.25) is 0 Å². The van der Waals surface area contributed by atoms with E-state index in [4.69, 9.17) is 9.47 Å². The van der Waals surface area contributed by atoms with Gasteiger partial charge in [0.25, 0.3) is 17.7 Å². The molecule has 1 aromatic carbocycles. The second-order valence-electron chi connectivity index (χ2n) is 7.77. The summed E-state index contributed by atoms with van der Waals surface area (Å²) in [7, 11) is 1.58. The van der Waals surface area contributed by atoms with Gasteiger partial charge in [0.2, 0.25) is 0 Å². The van der Waals surface area contributed by atoms with Crippen molar-refractivity contribution in [3.05, 3.63) is 57.3 Å². The minimum atomic E-state index is -0.352. The molecule has 0 N–H and O–H groups in total. The fourth-order valence-corrected chi connectivity index (χ4v) is 4.74. The number of benzene rings is 1. The quantitative estimate of drug-likeness (QED) is 0.440. The zero-order valence-corrected chi connectivity index (χ0v) is 18.4. The van der Waals surface area contributed by atoms with E-state index in [1.54, 1.807) is 41.5 Å². The summed E-state index contributed by atoms with van der Waals surface area (Å²) >= 11 is 1.60. The molecule has 2 aliphatic rings. The van der Waals surface area contributed by atoms with Crippen LogP contribution in [0, 0.1) is 0 Å². The van der Waals surface area contributed by atoms with Crippen molar-refractivity contribution in [1.29, 1.82) is 0 Å². The van der Waals surface area contributed by atoms with Gasteiger partial charge in [0.05, 0.1) is 23.8 Å². The minimum absolute atomic E-state index is 0.0258. The molecule has 3 heterocycles. The van der Waals surface area contributed by atoms with Gasteiger partial charge < -0.3 is 14.4 Å². The maximum atomic E-state index is 13.4. The molecular weight excluding hydrogens is 416 g/mol. The SMILES string of the molecule is COCCCN1C(=O)c2ccc(C(=O)N(Cc3cccs3)CC3CCCO3)cc2C1=O. The second-order valence-corrected chi connectivity index (χ2v) is 8.80. The maximum absolute atomic E-state index is 13.4. The van der Waals surface area contributed by atoms with Crippen molar-refractivity contribution >= 4 is 29.1 Å². The lowest BCUT2D eigenvalue weighted by Gasteiger charge is -2.25. The topological polar surface area (TPSA) is 76.2 Å². The van der Waals surface area contributed by atoms with Gasteiger partial charge in [-0.05, 0) is 48.9 Å². The van der Waals surface area contributed by atoms with Crippen LogP contribution in [0.4, 0.5) is 0 Å². The Morgan fingerprint density at radius 2 is 2.10 bits per heavy atom. The lowest BCUT2D eigenvalue weighted by Crippen LogP contribution is -2.36. The molecule has 0 aliphatic carbocycles. The zero-order valence-electron chi connectivity index (χ0n) is 17.5. The highest BCUT2D eigenvalue weighted by molar-refractivity contribution is 7.09. The van der Waals surface area contributed by atoms with Gasteiger partial charge in [-0.15, -0.1) is 11.3 Å². The largest absolute Gasteiger partial charge is 0.385 e. The first-order chi connectivity index (χ1) is 15.1. The van der Waals surface area contributed by atoms with Crippen LogP contribution in [0.1, 0.15) is 55.2 Å². The molecule has 164 valence electrons. The van der Waals surface area contributed by atoms with Crippen molar-refractivity contribution in [3.63, 3.8) is 0 Å². The molecular formula is C23H26N2O5S. The van der Waals surface area contributed by atoms with Gasteiger partial charge in [0.15, 0.2) is 0 Å². The van der Waals surface area contributed by atoms with Crippen LogP contribution >= 0.6 is 11.3 Å². The van der Waals surface area contributed by atoms with Crippen molar-refractivity contribution in [2.75, 3.05) is 33.4 Å². The summed E-state index contributed by atoms with van der Waals surface area (Å²) < 4.78 is 10.8. The fraction of sp³-hybridized carbons (Fsp3) is 0.435. The van der Waals surface area contributed by atoms with E-state index >= 15 is 0 Å². The first kappa shape index (κ1) is 21.7. The Balaban J connectivity index is 1.54. The molecule has 0 radical (unpaired) electrons. The van der Waals surface area contributed by atoms with E-state index in [9.17, 15) is 14.4 Å². The van der Waals surface area contributed by atoms with Crippen molar-refractivity contribution in [3.8, 4) is 0 Å². The van der Waals surface area contributed by atoms with E-state index in [0.29, 0.717) is 49.4 Å². The molecule has 0 spiro atoms. The van der Waals surface area contributed by atoms with E-state index < -0.39 is 0 Å². The van der Waals surface area contributed by atoms with Gasteiger partial charge in [-0.1, -0.05) is 6.07 Å². The third-order valence-corrected chi connectivity index (χ3v) is 6.47. The summed E-state index contributed by atoms with van der Waals surface area (Å²) in [5, 5.41) is 1.99. The Bertz CT molecular complexity index is 953. The number of ether oxygens (including phenoxy) is 2. The van der Waals surface area contributed by atoms with Gasteiger partial charge in [-0.3, -0.25) is 19.3 Å². The predicted molar refractivity (Wildman–Crippen MR) is 116 cm³/mol. The number of carbonyl (C=O) groups is 3. The highest BCUT2D eigenvalue weighted by Gasteiger charge is 2.36. The van der Waals surface area contributed by atoms with Crippen LogP contribution in [-0.4, -0.2) is 67.0 Å². The fourth-order valence-electron chi connectivity index (χ4n) is 4.02. The summed E-state index contributed by atoms with van der Waals surface area (Å²) in [5.74, 6) is -0.829. The van der Waals surface area contributed by atoms with Gasteiger partial charge in [0, 0.05) is 43.9 Å². The molecule has 8 heteroatoms. The molecule has 4 rings (SSSR count). The minimum Gasteiger partial charge on any atom is -0.385 e. The number of imide groups is 1. The number of carbonyl (C=O) groups excluding carboxylic acids is 3. The number of fused-ring (bicyclic) bond motifs is 1. The van der Waals surface area contributed by atoms with Gasteiger partial charge >= 0.3 is 0 Å². The average Bonchev–Trinajstić information content (AvgIpc) is 3.52. The first-order valence-corrected chi connectivity index (χ1v) is 11.4. The highest BCUT2D eigenvalue weighted by Crippen LogP contribution is 2.26. The molecule has 1 unspecified atom stereocenters. The van der Waals surface area contributed by atoms with Crippen LogP contribution in [-0.2, 0) is 16.0 Å². The highest BCUT2D eigenvalue weighted by atomic mass is 32.1. The molecule has 0 bridgehead atoms. The number of thiophene rings is 1. The predicted octanol–water partition coefficient (Wildman–Crippen LogP) is 3.20. The molecule has 0 saturated carbocycles. The average molecular weight is 443 g/mol. The van der Waals surface area contributed by atoms with Crippen LogP contribution in [0.3, 0.4) is 0 Å². The van der Waals surface area contributed by atoms with Crippen molar-refractivity contribution in [1.82, 2.24) is 9.80 Å². The Kier molecular flexibility index (Phi) is 6.80. The summed E-state index contributed by atoms with van der Waals surface area (Å²) in [6.45, 7) is 2.48. The van der Waals surface area contributed by atoms with Crippen LogP contribution in [0.15, 0.2) is 35.7 Å². The molecule has 1 atom stereocenters. The molecule has 1 aromatic heterocycles. The van der Waals surface area contributed by atoms with E-state index in [1.165, 1.54) is 4.90 Å². The van der Waals surface area contributed by atoms with Gasteiger partial charge in [-0.25, -0.2) is 0 Å². The number of rotatable bonds is 9. The van der Waals surface area contributed by atoms with Crippen LogP contribution in [0.25, 0.3) is 0 Å². The van der Waals surface area contributed by atoms with E-state index in [1.807, 2.05) is 17.5 Å². The Labute approximate surface area is 185 Å². The Morgan fingerprint density at radius 1 is 1.26 bits per heavy atom. The van der Waals surface area contributed by atoms with Crippen molar-refractivity contribution in [2.24, 2.45) is 0 Å². The third-order valence-electron chi connectivity index (χ3n) is 5.61. The molecule has 2 aliphatic heterocycles. The standard InChI is InChI=1S/C23H26N2O5S/c1-29-10-4-9-25-22(27)19-8-7-16(13-20(19)23(25)28)21(26)24(14-17-5-2-11-30-17)15-18-6-3-12-31-18/h3,6-8,12-13,17H,2,4-5,9-11,14-15H2,1H3. The monoisotopic (exact) mass is 442 g/mol. The smallest absolute Gasteiger partial charge is 0.261 e. The van der Waals surface area contributed by atoms with E-state index in [0.717, 1.165) is 24.3 Å². The van der Waals surface area contributed by atoms with Crippen LogP contribution < -0.4 is 0 Å². The van der Waals surface area contributed by atoms with E-state index in [2.05, 4.69) is 0 Å². The number of methoxy groups -OCH3 is 1. The Morgan fingerprint density at radius 3 is 2.81 bits per heavy atom. The summed E-state index contributed by atoms with van der Waals surface area (Å²) in [6.07, 6.45) is 2.53. The van der Waals surface area contributed by atoms with Crippen LogP contribution in [0.5, 0.6) is 0 Å². The lowest BCUT2D eigenvalue weighted by atomic mass is 10.0. The number of hydrogen-bond acceptors (Lipinski definition) is 6. The molecule has 7 nitrogen and oxygen atoms in total. The Hall–Kier alpha value is -2.55. The van der Waals surface area contributed by atoms with Gasteiger partial charge in [-0.2, -0.15) is 0 Å². The summed E-state index contributed by atoms with van der Waals surface area (Å²) in [4.78, 5) is 42.9. The van der Waals surface area contributed by atoms with Gasteiger partial charge in [0.1, 0.15) is 0 Å². The third kappa shape index (κ3) is 4.71. The number of nitrogens with zero attached hydrogens (tertiary/aromatic N) is 2. The molecule has 2 aromatic rings. The number of hydrogen-bond donors (Lipinski definition) is 0. The van der Waals surface area contributed by atoms with Crippen molar-refractivity contribution < 1.29 is 23.9 Å². The zero-order chi connectivity index (χ0) is 21.8. The lowest BCUT2D eigenvalue weighted by molar-refractivity contribution is 0.0509. The normalized spacial score (nSPS) is 18.0. The summed E-state index contributed by atoms with van der Waals surface area (Å²) in [5.41, 5.74) is 1.05. The summed E-state index contributed by atoms with van der Waals surface area (Å²) in [6, 6.07) is 8.76. The second kappa shape index (κ2) is 9.72. The number of amides is 3. The first-order valence-electron chi connectivity index (χ1n) is 10.5. The molecule has 3 amide bonds.